The Labute approximate surface area is 146 Å². The number of nitrogens with one attached hydrogen (secondary N) is 1. The average molecular weight is 364 g/mol. The number of benzene rings is 2. The third kappa shape index (κ3) is 5.20. The van der Waals surface area contributed by atoms with Crippen LogP contribution in [0.4, 0.5) is 5.69 Å². The van der Waals surface area contributed by atoms with Crippen molar-refractivity contribution in [1.29, 1.82) is 0 Å². The fraction of sp³-hybridized carbons (Fsp3) is 0.235. The van der Waals surface area contributed by atoms with Crippen molar-refractivity contribution in [3.8, 4) is 11.5 Å². The van der Waals surface area contributed by atoms with Gasteiger partial charge in [0.1, 0.15) is 16.4 Å². The molecule has 7 nitrogen and oxygen atoms in total. The summed E-state index contributed by atoms with van der Waals surface area (Å²) in [6.45, 7) is 1.84. The van der Waals surface area contributed by atoms with E-state index in [1.54, 1.807) is 12.1 Å². The summed E-state index contributed by atoms with van der Waals surface area (Å²) in [5.74, 6) is 0.255. The fourth-order valence-corrected chi connectivity index (χ4v) is 2.87. The maximum atomic E-state index is 12.0. The van der Waals surface area contributed by atoms with E-state index in [1.165, 1.54) is 30.9 Å². The second-order valence-corrected chi connectivity index (χ2v) is 6.77. The van der Waals surface area contributed by atoms with Crippen LogP contribution in [0.25, 0.3) is 0 Å². The normalized spacial score (nSPS) is 11.0. The molecule has 0 spiro atoms. The maximum Gasteiger partial charge on any atom is 0.262 e. The van der Waals surface area contributed by atoms with Crippen LogP contribution in [0.3, 0.4) is 0 Å². The Hall–Kier alpha value is -2.58. The molecule has 0 atom stereocenters. The number of hydrogen-bond acceptors (Lipinski definition) is 5. The van der Waals surface area contributed by atoms with E-state index in [2.05, 4.69) is 5.32 Å². The van der Waals surface area contributed by atoms with E-state index in [-0.39, 0.29) is 22.9 Å². The van der Waals surface area contributed by atoms with E-state index in [0.717, 1.165) is 6.42 Å². The van der Waals surface area contributed by atoms with Crippen LogP contribution in [-0.2, 0) is 21.2 Å². The van der Waals surface area contributed by atoms with Crippen LogP contribution in [0.15, 0.2) is 47.4 Å². The first-order chi connectivity index (χ1) is 11.8. The zero-order valence-electron chi connectivity index (χ0n) is 14.0. The van der Waals surface area contributed by atoms with Crippen molar-refractivity contribution in [2.45, 2.75) is 18.2 Å². The summed E-state index contributed by atoms with van der Waals surface area (Å²) in [6.07, 6.45) is 0.921. The van der Waals surface area contributed by atoms with Crippen LogP contribution in [0, 0.1) is 0 Å². The van der Waals surface area contributed by atoms with E-state index in [0.29, 0.717) is 5.75 Å². The molecule has 0 fully saturated rings. The van der Waals surface area contributed by atoms with Gasteiger partial charge in [-0.1, -0.05) is 19.1 Å². The molecule has 2 rings (SSSR count). The minimum absolute atomic E-state index is 0.104. The first kappa shape index (κ1) is 18.8. The molecule has 0 aliphatic rings. The summed E-state index contributed by atoms with van der Waals surface area (Å²) in [5, 5.41) is 7.71. The van der Waals surface area contributed by atoms with Crippen LogP contribution in [-0.4, -0.2) is 28.0 Å². The molecule has 2 aromatic carbocycles. The average Bonchev–Trinajstić information content (AvgIpc) is 2.59. The molecule has 0 saturated heterocycles. The van der Waals surface area contributed by atoms with E-state index in [9.17, 15) is 13.2 Å². The number of carbonyl (C=O) groups excluding carboxylic acids is 1. The van der Waals surface area contributed by atoms with Gasteiger partial charge in [-0.25, -0.2) is 13.6 Å². The van der Waals surface area contributed by atoms with Crippen LogP contribution < -0.4 is 19.9 Å². The number of hydrogen-bond donors (Lipinski definition) is 2. The third-order valence-corrected chi connectivity index (χ3v) is 4.39. The van der Waals surface area contributed by atoms with Crippen LogP contribution in [0.5, 0.6) is 11.5 Å². The lowest BCUT2D eigenvalue weighted by atomic mass is 10.2. The first-order valence-corrected chi connectivity index (χ1v) is 9.10. The molecule has 0 radical (unpaired) electrons. The lowest BCUT2D eigenvalue weighted by molar-refractivity contribution is -0.118. The lowest BCUT2D eigenvalue weighted by Crippen LogP contribution is -2.21. The SMILES string of the molecule is CCc1ccc(OCC(=O)Nc2ccc(OC)c(S(N)(=O)=O)c2)cc1. The van der Waals surface area contributed by atoms with Gasteiger partial charge in [0.15, 0.2) is 6.61 Å². The Morgan fingerprint density at radius 3 is 2.40 bits per heavy atom. The number of anilines is 1. The Bertz CT molecular complexity index is 848. The Balaban J connectivity index is 2.02. The minimum atomic E-state index is -3.97. The molecule has 8 heteroatoms. The van der Waals surface area contributed by atoms with Crippen LogP contribution >= 0.6 is 0 Å². The summed E-state index contributed by atoms with van der Waals surface area (Å²) in [4.78, 5) is 11.8. The lowest BCUT2D eigenvalue weighted by Gasteiger charge is -2.11. The Kier molecular flexibility index (Phi) is 6.00. The van der Waals surface area contributed by atoms with Gasteiger partial charge in [0.05, 0.1) is 7.11 Å². The maximum absolute atomic E-state index is 12.0. The molecule has 25 heavy (non-hydrogen) atoms. The van der Waals surface area contributed by atoms with Crippen molar-refractivity contribution in [1.82, 2.24) is 0 Å². The summed E-state index contributed by atoms with van der Waals surface area (Å²) in [6, 6.07) is 11.6. The smallest absolute Gasteiger partial charge is 0.262 e. The predicted molar refractivity (Wildman–Crippen MR) is 94.3 cm³/mol. The molecule has 0 aliphatic carbocycles. The number of amides is 1. The minimum Gasteiger partial charge on any atom is -0.495 e. The number of primary sulfonamides is 1. The van der Waals surface area contributed by atoms with Crippen molar-refractivity contribution in [3.05, 3.63) is 48.0 Å². The van der Waals surface area contributed by atoms with Crippen molar-refractivity contribution < 1.29 is 22.7 Å². The van der Waals surface area contributed by atoms with Crippen LogP contribution in [0.1, 0.15) is 12.5 Å². The molecule has 0 saturated carbocycles. The molecule has 0 aromatic heterocycles. The topological polar surface area (TPSA) is 108 Å². The van der Waals surface area contributed by atoms with Gasteiger partial charge in [-0.15, -0.1) is 0 Å². The zero-order chi connectivity index (χ0) is 18.4. The molecule has 0 bridgehead atoms. The van der Waals surface area contributed by atoms with Gasteiger partial charge in [-0.3, -0.25) is 4.79 Å². The molecule has 1 amide bonds. The van der Waals surface area contributed by atoms with Crippen molar-refractivity contribution in [2.75, 3.05) is 19.0 Å². The standard InChI is InChI=1S/C17H20N2O5S/c1-3-12-4-7-14(8-5-12)24-11-17(20)19-13-6-9-15(23-2)16(10-13)25(18,21)22/h4-10H,3,11H2,1-2H3,(H,19,20)(H2,18,21,22). The van der Waals surface area contributed by atoms with Crippen molar-refractivity contribution >= 4 is 21.6 Å². The van der Waals surface area contributed by atoms with E-state index in [1.807, 2.05) is 19.1 Å². The summed E-state index contributed by atoms with van der Waals surface area (Å²) in [7, 11) is -2.64. The highest BCUT2D eigenvalue weighted by Crippen LogP contribution is 2.26. The highest BCUT2D eigenvalue weighted by molar-refractivity contribution is 7.89. The molecule has 0 aliphatic heterocycles. The van der Waals surface area contributed by atoms with Gasteiger partial charge >= 0.3 is 0 Å². The highest BCUT2D eigenvalue weighted by atomic mass is 32.2. The fourth-order valence-electron chi connectivity index (χ4n) is 2.14. The highest BCUT2D eigenvalue weighted by Gasteiger charge is 2.16. The predicted octanol–water partition coefficient (Wildman–Crippen LogP) is 1.92. The van der Waals surface area contributed by atoms with Crippen molar-refractivity contribution in [2.24, 2.45) is 5.14 Å². The van der Waals surface area contributed by atoms with E-state index >= 15 is 0 Å². The number of aryl methyl sites for hydroxylation is 1. The van der Waals surface area contributed by atoms with Gasteiger partial charge in [0, 0.05) is 5.69 Å². The van der Waals surface area contributed by atoms with Gasteiger partial charge in [-0.2, -0.15) is 0 Å². The number of ether oxygens (including phenoxy) is 2. The largest absolute Gasteiger partial charge is 0.495 e. The Morgan fingerprint density at radius 2 is 1.84 bits per heavy atom. The number of rotatable bonds is 7. The molecular formula is C17H20N2O5S. The monoisotopic (exact) mass is 364 g/mol. The summed E-state index contributed by atoms with van der Waals surface area (Å²) >= 11 is 0. The number of carbonyl (C=O) groups is 1. The zero-order valence-corrected chi connectivity index (χ0v) is 14.8. The molecule has 134 valence electrons. The third-order valence-electron chi connectivity index (χ3n) is 3.46. The van der Waals surface area contributed by atoms with Gasteiger partial charge < -0.3 is 14.8 Å². The van der Waals surface area contributed by atoms with Crippen molar-refractivity contribution in [3.63, 3.8) is 0 Å². The summed E-state index contributed by atoms with van der Waals surface area (Å²) < 4.78 is 33.5. The second kappa shape index (κ2) is 8.00. The van der Waals surface area contributed by atoms with Gasteiger partial charge in [0.25, 0.3) is 5.91 Å². The second-order valence-electron chi connectivity index (χ2n) is 5.25. The van der Waals surface area contributed by atoms with Gasteiger partial charge in [-0.05, 0) is 42.3 Å². The number of methoxy groups -OCH3 is 1. The number of sulfonamides is 1. The van der Waals surface area contributed by atoms with Gasteiger partial charge in [0.2, 0.25) is 10.0 Å². The number of nitrogens with two attached hydrogens (primary N) is 1. The quantitative estimate of drug-likeness (QED) is 0.780. The molecule has 0 unspecified atom stereocenters. The molecule has 0 heterocycles. The first-order valence-electron chi connectivity index (χ1n) is 7.56. The van der Waals surface area contributed by atoms with E-state index < -0.39 is 15.9 Å². The van der Waals surface area contributed by atoms with E-state index in [4.69, 9.17) is 14.6 Å². The van der Waals surface area contributed by atoms with Crippen LogP contribution in [0.2, 0.25) is 0 Å². The summed E-state index contributed by atoms with van der Waals surface area (Å²) in [5.41, 5.74) is 1.45. The molecule has 2 aromatic rings. The Morgan fingerprint density at radius 1 is 1.16 bits per heavy atom. The molecular weight excluding hydrogens is 344 g/mol. The molecule has 3 N–H and O–H groups in total.